The van der Waals surface area contributed by atoms with Gasteiger partial charge in [-0.05, 0) is 35.4 Å². The number of aliphatic carboxylic acids is 1. The van der Waals surface area contributed by atoms with Crippen molar-refractivity contribution in [1.82, 2.24) is 25.2 Å². The molecule has 20 heavy (non-hydrogen) atoms. The van der Waals surface area contributed by atoms with Gasteiger partial charge < -0.3 is 5.11 Å². The first-order valence-corrected chi connectivity index (χ1v) is 6.52. The fourth-order valence-electron chi connectivity index (χ4n) is 2.01. The second-order valence-corrected chi connectivity index (χ2v) is 4.72. The van der Waals surface area contributed by atoms with E-state index in [4.69, 9.17) is 5.11 Å². The summed E-state index contributed by atoms with van der Waals surface area (Å²) in [5.74, 6) is -0.239. The predicted molar refractivity (Wildman–Crippen MR) is 71.8 cm³/mol. The normalized spacial score (nSPS) is 12.3. The molecule has 1 N–H and O–H groups in total. The van der Waals surface area contributed by atoms with Crippen LogP contribution in [0.1, 0.15) is 25.5 Å². The van der Waals surface area contributed by atoms with Gasteiger partial charge in [0, 0.05) is 18.7 Å². The third-order valence-corrected chi connectivity index (χ3v) is 3.12. The average molecular weight is 275 g/mol. The fraction of sp³-hybridized carbons (Fsp3) is 0.462. The largest absolute Gasteiger partial charge is 0.481 e. The topological polar surface area (TPSA) is 93.8 Å². The zero-order chi connectivity index (χ0) is 14.5. The lowest BCUT2D eigenvalue weighted by atomic mass is 10.0. The molecule has 1 unspecified atom stereocenters. The summed E-state index contributed by atoms with van der Waals surface area (Å²) in [4.78, 5) is 15.2. The van der Waals surface area contributed by atoms with E-state index in [-0.39, 0.29) is 12.3 Å². The van der Waals surface area contributed by atoms with Crippen LogP contribution in [0.4, 0.5) is 0 Å². The number of tetrazole rings is 1. The number of aromatic nitrogens is 5. The van der Waals surface area contributed by atoms with Crippen LogP contribution >= 0.6 is 0 Å². The molecule has 0 amide bonds. The van der Waals surface area contributed by atoms with E-state index in [1.807, 2.05) is 32.0 Å². The van der Waals surface area contributed by atoms with Gasteiger partial charge in [-0.15, -0.1) is 5.10 Å². The number of nitrogens with zero attached hydrogens (tertiary/aromatic N) is 5. The summed E-state index contributed by atoms with van der Waals surface area (Å²) in [5.41, 5.74) is 1.58. The minimum absolute atomic E-state index is 0.000408. The van der Waals surface area contributed by atoms with Gasteiger partial charge in [-0.1, -0.05) is 19.4 Å². The van der Waals surface area contributed by atoms with E-state index in [0.29, 0.717) is 18.1 Å². The Kier molecular flexibility index (Phi) is 4.39. The second kappa shape index (κ2) is 6.23. The van der Waals surface area contributed by atoms with Crippen molar-refractivity contribution in [2.24, 2.45) is 5.92 Å². The van der Waals surface area contributed by atoms with Gasteiger partial charge in [0.25, 0.3) is 0 Å². The molecule has 0 aliphatic heterocycles. The first-order chi connectivity index (χ1) is 9.60. The first kappa shape index (κ1) is 14.1. The second-order valence-electron chi connectivity index (χ2n) is 4.72. The summed E-state index contributed by atoms with van der Waals surface area (Å²) in [5, 5.41) is 20.5. The van der Waals surface area contributed by atoms with Gasteiger partial charge in [0.15, 0.2) is 0 Å². The molecule has 0 saturated heterocycles. The Hall–Kier alpha value is -2.31. The van der Waals surface area contributed by atoms with Crippen LogP contribution in [0.3, 0.4) is 0 Å². The van der Waals surface area contributed by atoms with Crippen molar-refractivity contribution >= 4 is 5.97 Å². The molecule has 2 rings (SSSR count). The summed E-state index contributed by atoms with van der Waals surface area (Å²) < 4.78 is 1.62. The lowest BCUT2D eigenvalue weighted by Gasteiger charge is -2.12. The number of rotatable bonds is 6. The van der Waals surface area contributed by atoms with Crippen LogP contribution < -0.4 is 0 Å². The van der Waals surface area contributed by atoms with Crippen molar-refractivity contribution in [3.63, 3.8) is 0 Å². The molecule has 2 aromatic heterocycles. The van der Waals surface area contributed by atoms with Crippen LogP contribution in [0.25, 0.3) is 11.5 Å². The lowest BCUT2D eigenvalue weighted by molar-refractivity contribution is -0.138. The number of carboxylic acids is 1. The van der Waals surface area contributed by atoms with Crippen LogP contribution in [0.5, 0.6) is 0 Å². The summed E-state index contributed by atoms with van der Waals surface area (Å²) in [6.07, 6.45) is 0.865. The van der Waals surface area contributed by atoms with E-state index in [9.17, 15) is 4.79 Å². The number of carbonyl (C=O) groups is 1. The quantitative estimate of drug-likeness (QED) is 0.859. The molecule has 0 aromatic carbocycles. The van der Waals surface area contributed by atoms with Crippen molar-refractivity contribution in [2.75, 3.05) is 0 Å². The maximum Gasteiger partial charge on any atom is 0.303 e. The molecule has 2 heterocycles. The maximum absolute atomic E-state index is 10.8. The van der Waals surface area contributed by atoms with Crippen LogP contribution in [-0.4, -0.2) is 36.3 Å². The van der Waals surface area contributed by atoms with Crippen LogP contribution in [0.15, 0.2) is 18.2 Å². The van der Waals surface area contributed by atoms with E-state index in [1.165, 1.54) is 0 Å². The Morgan fingerprint density at radius 3 is 2.90 bits per heavy atom. The highest BCUT2D eigenvalue weighted by atomic mass is 16.4. The molecular weight excluding hydrogens is 258 g/mol. The Morgan fingerprint density at radius 1 is 1.45 bits per heavy atom. The summed E-state index contributed by atoms with van der Waals surface area (Å²) >= 11 is 0. The monoisotopic (exact) mass is 275 g/mol. The third-order valence-electron chi connectivity index (χ3n) is 3.12. The molecule has 1 atom stereocenters. The third kappa shape index (κ3) is 3.37. The number of hydrogen-bond donors (Lipinski definition) is 1. The zero-order valence-corrected chi connectivity index (χ0v) is 11.5. The standard InChI is InChI=1S/C13H17N5O2/c1-3-10(7-12(19)20)8-18-13(15-16-17-18)11-6-4-5-9(2)14-11/h4-6,10H,3,7-8H2,1-2H3,(H,19,20). The number of carboxylic acid groups (broad SMARTS) is 1. The molecule has 0 radical (unpaired) electrons. The van der Waals surface area contributed by atoms with Gasteiger partial charge in [-0.2, -0.15) is 0 Å². The fourth-order valence-corrected chi connectivity index (χ4v) is 2.01. The molecule has 7 heteroatoms. The summed E-state index contributed by atoms with van der Waals surface area (Å²) in [7, 11) is 0. The predicted octanol–water partition coefficient (Wildman–Crippen LogP) is 1.54. The molecule has 0 spiro atoms. The summed E-state index contributed by atoms with van der Waals surface area (Å²) in [6.45, 7) is 4.33. The lowest BCUT2D eigenvalue weighted by Crippen LogP contribution is -2.16. The zero-order valence-electron chi connectivity index (χ0n) is 11.5. The first-order valence-electron chi connectivity index (χ1n) is 6.52. The van der Waals surface area contributed by atoms with Gasteiger partial charge in [0.05, 0.1) is 0 Å². The van der Waals surface area contributed by atoms with Gasteiger partial charge in [0.1, 0.15) is 5.69 Å². The summed E-state index contributed by atoms with van der Waals surface area (Å²) in [6, 6.07) is 5.63. The minimum Gasteiger partial charge on any atom is -0.481 e. The number of hydrogen-bond acceptors (Lipinski definition) is 5. The van der Waals surface area contributed by atoms with Gasteiger partial charge in [0.2, 0.25) is 5.82 Å². The molecule has 0 aliphatic rings. The van der Waals surface area contributed by atoms with Crippen molar-refractivity contribution in [2.45, 2.75) is 33.2 Å². The average Bonchev–Trinajstić information content (AvgIpc) is 2.85. The number of pyridine rings is 1. The highest BCUT2D eigenvalue weighted by Crippen LogP contribution is 2.17. The van der Waals surface area contributed by atoms with Crippen molar-refractivity contribution in [1.29, 1.82) is 0 Å². The van der Waals surface area contributed by atoms with E-state index in [0.717, 1.165) is 12.1 Å². The SMILES string of the molecule is CCC(CC(=O)O)Cn1nnnc1-c1cccc(C)n1. The van der Waals surface area contributed by atoms with Gasteiger partial charge >= 0.3 is 5.97 Å². The Labute approximate surface area is 116 Å². The van der Waals surface area contributed by atoms with Crippen LogP contribution in [0.2, 0.25) is 0 Å². The highest BCUT2D eigenvalue weighted by molar-refractivity contribution is 5.67. The molecular formula is C13H17N5O2. The van der Waals surface area contributed by atoms with E-state index in [1.54, 1.807) is 4.68 Å². The van der Waals surface area contributed by atoms with E-state index >= 15 is 0 Å². The molecule has 0 saturated carbocycles. The molecule has 0 bridgehead atoms. The molecule has 0 aliphatic carbocycles. The van der Waals surface area contributed by atoms with Crippen molar-refractivity contribution in [3.05, 3.63) is 23.9 Å². The van der Waals surface area contributed by atoms with Crippen molar-refractivity contribution < 1.29 is 9.90 Å². The molecule has 7 nitrogen and oxygen atoms in total. The maximum atomic E-state index is 10.8. The van der Waals surface area contributed by atoms with Gasteiger partial charge in [-0.3, -0.25) is 4.79 Å². The Balaban J connectivity index is 2.22. The number of aryl methyl sites for hydroxylation is 1. The molecule has 0 fully saturated rings. The molecule has 106 valence electrons. The van der Waals surface area contributed by atoms with Crippen LogP contribution in [-0.2, 0) is 11.3 Å². The van der Waals surface area contributed by atoms with Crippen LogP contribution in [0, 0.1) is 12.8 Å². The van der Waals surface area contributed by atoms with Gasteiger partial charge in [-0.25, -0.2) is 9.67 Å². The highest BCUT2D eigenvalue weighted by Gasteiger charge is 2.17. The Bertz CT molecular complexity index is 596. The van der Waals surface area contributed by atoms with E-state index in [2.05, 4.69) is 20.5 Å². The Morgan fingerprint density at radius 2 is 2.25 bits per heavy atom. The molecule has 2 aromatic rings. The smallest absolute Gasteiger partial charge is 0.303 e. The van der Waals surface area contributed by atoms with Crippen molar-refractivity contribution in [3.8, 4) is 11.5 Å². The minimum atomic E-state index is -0.805. The van der Waals surface area contributed by atoms with E-state index < -0.39 is 5.97 Å².